The van der Waals surface area contributed by atoms with E-state index in [4.69, 9.17) is 5.11 Å². The van der Waals surface area contributed by atoms with Crippen molar-refractivity contribution in [1.82, 2.24) is 4.90 Å². The van der Waals surface area contributed by atoms with Crippen molar-refractivity contribution in [3.63, 3.8) is 0 Å². The fourth-order valence-electron chi connectivity index (χ4n) is 1.48. The highest BCUT2D eigenvalue weighted by Gasteiger charge is 2.02. The van der Waals surface area contributed by atoms with E-state index in [0.29, 0.717) is 6.54 Å². The Morgan fingerprint density at radius 2 is 2.40 bits per heavy atom. The zero-order valence-electron chi connectivity index (χ0n) is 9.23. The molecule has 0 heterocycles. The van der Waals surface area contributed by atoms with Crippen LogP contribution in [0, 0.1) is 0 Å². The Morgan fingerprint density at radius 3 is 3.00 bits per heavy atom. The summed E-state index contributed by atoms with van der Waals surface area (Å²) >= 11 is 0. The molecule has 0 amide bonds. The van der Waals surface area contributed by atoms with E-state index in [9.17, 15) is 4.79 Å². The average molecular weight is 207 g/mol. The molecule has 0 fully saturated rings. The van der Waals surface area contributed by atoms with Crippen LogP contribution < -0.4 is 0 Å². The Labute approximate surface area is 90.4 Å². The quantitative estimate of drug-likeness (QED) is 0.768. The highest BCUT2D eigenvalue weighted by atomic mass is 16.4. The van der Waals surface area contributed by atoms with Crippen LogP contribution in [0.15, 0.2) is 35.6 Å². The average Bonchev–Trinajstić information content (AvgIpc) is 2.15. The number of carbonyl (C=O) groups is 1. The van der Waals surface area contributed by atoms with E-state index in [1.807, 2.05) is 24.2 Å². The van der Waals surface area contributed by atoms with Gasteiger partial charge in [-0.3, -0.25) is 4.79 Å². The van der Waals surface area contributed by atoms with E-state index < -0.39 is 5.97 Å². The van der Waals surface area contributed by atoms with Crippen LogP contribution >= 0.6 is 0 Å². The maximum absolute atomic E-state index is 10.4. The predicted molar refractivity (Wildman–Crippen MR) is 60.5 cm³/mol. The van der Waals surface area contributed by atoms with Crippen molar-refractivity contribution in [2.75, 3.05) is 13.6 Å². The molecule has 3 nitrogen and oxygen atoms in total. The van der Waals surface area contributed by atoms with E-state index in [1.165, 1.54) is 11.1 Å². The van der Waals surface area contributed by atoms with Crippen LogP contribution in [0.1, 0.15) is 19.8 Å². The van der Waals surface area contributed by atoms with Gasteiger partial charge in [0.25, 0.3) is 0 Å². The van der Waals surface area contributed by atoms with Crippen LogP contribution in [0.2, 0.25) is 0 Å². The molecule has 15 heavy (non-hydrogen) atoms. The van der Waals surface area contributed by atoms with E-state index in [0.717, 1.165) is 6.42 Å². The SMILES string of the molecule is CC1=CC=C/C(=C/N(C)CCC(=O)O)C1. The van der Waals surface area contributed by atoms with Crippen LogP contribution in [-0.4, -0.2) is 29.6 Å². The second kappa shape index (κ2) is 5.39. The first kappa shape index (κ1) is 11.6. The molecule has 1 aliphatic rings. The van der Waals surface area contributed by atoms with E-state index in [2.05, 4.69) is 19.1 Å². The number of hydrogen-bond donors (Lipinski definition) is 1. The van der Waals surface area contributed by atoms with Gasteiger partial charge in [0.05, 0.1) is 6.42 Å². The third-order valence-corrected chi connectivity index (χ3v) is 2.24. The minimum Gasteiger partial charge on any atom is -0.481 e. The molecule has 0 unspecified atom stereocenters. The molecule has 0 radical (unpaired) electrons. The Kier molecular flexibility index (Phi) is 4.16. The van der Waals surface area contributed by atoms with Crippen molar-refractivity contribution >= 4 is 5.97 Å². The van der Waals surface area contributed by atoms with Gasteiger partial charge in [0, 0.05) is 19.8 Å². The molecule has 0 aromatic carbocycles. The molecule has 0 saturated heterocycles. The summed E-state index contributed by atoms with van der Waals surface area (Å²) in [5.74, 6) is -0.754. The third-order valence-electron chi connectivity index (χ3n) is 2.24. The van der Waals surface area contributed by atoms with Gasteiger partial charge < -0.3 is 10.0 Å². The summed E-state index contributed by atoms with van der Waals surface area (Å²) < 4.78 is 0. The first-order chi connectivity index (χ1) is 7.08. The van der Waals surface area contributed by atoms with Crippen molar-refractivity contribution in [3.8, 4) is 0 Å². The van der Waals surface area contributed by atoms with Crippen LogP contribution in [0.5, 0.6) is 0 Å². The lowest BCUT2D eigenvalue weighted by Gasteiger charge is -2.16. The number of hydrogen-bond acceptors (Lipinski definition) is 2. The summed E-state index contributed by atoms with van der Waals surface area (Å²) in [5.41, 5.74) is 2.55. The van der Waals surface area contributed by atoms with Gasteiger partial charge in [-0.2, -0.15) is 0 Å². The lowest BCUT2D eigenvalue weighted by molar-refractivity contribution is -0.137. The lowest BCUT2D eigenvalue weighted by atomic mass is 10.0. The minimum atomic E-state index is -0.754. The molecular formula is C12H17NO2. The molecule has 1 N–H and O–H groups in total. The Bertz CT molecular complexity index is 327. The molecule has 82 valence electrons. The number of carboxylic acid groups (broad SMARTS) is 1. The van der Waals surface area contributed by atoms with Gasteiger partial charge in [-0.25, -0.2) is 0 Å². The summed E-state index contributed by atoms with van der Waals surface area (Å²) in [6.07, 6.45) is 9.32. The van der Waals surface area contributed by atoms with Crippen molar-refractivity contribution in [1.29, 1.82) is 0 Å². The van der Waals surface area contributed by atoms with Gasteiger partial charge >= 0.3 is 5.97 Å². The molecule has 0 aromatic heterocycles. The van der Waals surface area contributed by atoms with Gasteiger partial charge in [-0.05, 0) is 18.9 Å². The molecule has 1 rings (SSSR count). The van der Waals surface area contributed by atoms with Crippen molar-refractivity contribution in [3.05, 3.63) is 35.6 Å². The standard InChI is InChI=1S/C12H17NO2/c1-10-4-3-5-11(8-10)9-13(2)7-6-12(14)15/h3-5,9H,6-8H2,1-2H3,(H,14,15)/b11-9-. The maximum atomic E-state index is 10.4. The van der Waals surface area contributed by atoms with Gasteiger partial charge in [0.15, 0.2) is 0 Å². The van der Waals surface area contributed by atoms with Crippen molar-refractivity contribution in [2.24, 2.45) is 0 Å². The second-order valence-corrected chi connectivity index (χ2v) is 3.88. The van der Waals surface area contributed by atoms with Gasteiger partial charge in [-0.1, -0.05) is 23.8 Å². The molecule has 0 bridgehead atoms. The van der Waals surface area contributed by atoms with Gasteiger partial charge in [-0.15, -0.1) is 0 Å². The molecule has 0 aliphatic heterocycles. The molecule has 0 atom stereocenters. The van der Waals surface area contributed by atoms with Gasteiger partial charge in [0.2, 0.25) is 0 Å². The number of carboxylic acids is 1. The van der Waals surface area contributed by atoms with E-state index in [-0.39, 0.29) is 6.42 Å². The summed E-state index contributed by atoms with van der Waals surface area (Å²) in [7, 11) is 1.90. The number of nitrogens with zero attached hydrogens (tertiary/aromatic N) is 1. The Morgan fingerprint density at radius 1 is 1.67 bits per heavy atom. The van der Waals surface area contributed by atoms with Crippen LogP contribution in [0.25, 0.3) is 0 Å². The van der Waals surface area contributed by atoms with Gasteiger partial charge in [0.1, 0.15) is 0 Å². The molecule has 0 saturated carbocycles. The normalized spacial score (nSPS) is 17.7. The summed E-state index contributed by atoms with van der Waals surface area (Å²) in [4.78, 5) is 12.3. The first-order valence-corrected chi connectivity index (χ1v) is 5.04. The zero-order valence-corrected chi connectivity index (χ0v) is 9.23. The molecule has 0 spiro atoms. The van der Waals surface area contributed by atoms with Crippen LogP contribution in [-0.2, 0) is 4.79 Å². The molecule has 0 aromatic rings. The fraction of sp³-hybridized carbons (Fsp3) is 0.417. The molecular weight excluding hydrogens is 190 g/mol. The molecule has 1 aliphatic carbocycles. The number of aliphatic carboxylic acids is 1. The van der Waals surface area contributed by atoms with E-state index in [1.54, 1.807) is 0 Å². The maximum Gasteiger partial charge on any atom is 0.305 e. The van der Waals surface area contributed by atoms with Crippen molar-refractivity contribution < 1.29 is 9.90 Å². The summed E-state index contributed by atoms with van der Waals surface area (Å²) in [5, 5.41) is 8.54. The number of allylic oxidation sites excluding steroid dienone is 5. The van der Waals surface area contributed by atoms with Crippen LogP contribution in [0.4, 0.5) is 0 Å². The largest absolute Gasteiger partial charge is 0.481 e. The Balaban J connectivity index is 2.46. The predicted octanol–water partition coefficient (Wildman–Crippen LogP) is 2.18. The van der Waals surface area contributed by atoms with E-state index >= 15 is 0 Å². The molecule has 3 heteroatoms. The smallest absolute Gasteiger partial charge is 0.305 e. The first-order valence-electron chi connectivity index (χ1n) is 5.04. The Hall–Kier alpha value is -1.51. The minimum absolute atomic E-state index is 0.179. The van der Waals surface area contributed by atoms with Crippen LogP contribution in [0.3, 0.4) is 0 Å². The zero-order chi connectivity index (χ0) is 11.3. The number of rotatable bonds is 4. The van der Waals surface area contributed by atoms with Crippen molar-refractivity contribution in [2.45, 2.75) is 19.8 Å². The highest BCUT2D eigenvalue weighted by molar-refractivity contribution is 5.66. The highest BCUT2D eigenvalue weighted by Crippen LogP contribution is 2.17. The third kappa shape index (κ3) is 4.49. The topological polar surface area (TPSA) is 40.5 Å². The summed E-state index contributed by atoms with van der Waals surface area (Å²) in [6.45, 7) is 2.64. The lowest BCUT2D eigenvalue weighted by Crippen LogP contribution is -2.16. The summed E-state index contributed by atoms with van der Waals surface area (Å²) in [6, 6.07) is 0. The fourth-order valence-corrected chi connectivity index (χ4v) is 1.48. The monoisotopic (exact) mass is 207 g/mol. The second-order valence-electron chi connectivity index (χ2n) is 3.88.